The SMILES string of the molecule is CSc1ccc(/C=N/N2CC[NH+](Cc3ccc(C)cc3C)CC2)cc1. The van der Waals surface area contributed by atoms with E-state index in [1.54, 1.807) is 16.7 Å². The van der Waals surface area contributed by atoms with Crippen LogP contribution in [0.5, 0.6) is 0 Å². The zero-order chi connectivity index (χ0) is 17.6. The number of nitrogens with one attached hydrogen (secondary N) is 1. The maximum Gasteiger partial charge on any atom is 0.103 e. The number of hydrogen-bond acceptors (Lipinski definition) is 3. The van der Waals surface area contributed by atoms with E-state index < -0.39 is 0 Å². The van der Waals surface area contributed by atoms with Gasteiger partial charge in [-0.2, -0.15) is 5.10 Å². The fourth-order valence-corrected chi connectivity index (χ4v) is 3.66. The lowest BCUT2D eigenvalue weighted by Crippen LogP contribution is -3.13. The molecule has 0 aliphatic carbocycles. The first-order valence-electron chi connectivity index (χ1n) is 8.97. The zero-order valence-corrected chi connectivity index (χ0v) is 16.3. The lowest BCUT2D eigenvalue weighted by atomic mass is 10.1. The molecule has 25 heavy (non-hydrogen) atoms. The second-order valence-electron chi connectivity index (χ2n) is 6.83. The normalized spacial score (nSPS) is 15.9. The van der Waals surface area contributed by atoms with Crippen LogP contribution in [0.25, 0.3) is 0 Å². The van der Waals surface area contributed by atoms with E-state index >= 15 is 0 Å². The van der Waals surface area contributed by atoms with Crippen LogP contribution in [0.1, 0.15) is 22.3 Å². The first-order valence-corrected chi connectivity index (χ1v) is 10.2. The smallest absolute Gasteiger partial charge is 0.103 e. The monoisotopic (exact) mass is 354 g/mol. The second-order valence-corrected chi connectivity index (χ2v) is 7.71. The van der Waals surface area contributed by atoms with Gasteiger partial charge in [0.15, 0.2) is 0 Å². The van der Waals surface area contributed by atoms with Gasteiger partial charge >= 0.3 is 0 Å². The summed E-state index contributed by atoms with van der Waals surface area (Å²) in [6.07, 6.45) is 4.09. The Labute approximate surface area is 155 Å². The van der Waals surface area contributed by atoms with Crippen molar-refractivity contribution >= 4 is 18.0 Å². The van der Waals surface area contributed by atoms with Crippen molar-refractivity contribution in [2.24, 2.45) is 5.10 Å². The van der Waals surface area contributed by atoms with E-state index in [0.717, 1.165) is 32.7 Å². The summed E-state index contributed by atoms with van der Waals surface area (Å²) < 4.78 is 0. The molecule has 1 aliphatic heterocycles. The minimum absolute atomic E-state index is 1.03. The molecule has 1 N–H and O–H groups in total. The summed E-state index contributed by atoms with van der Waals surface area (Å²) in [5, 5.41) is 6.87. The Hall–Kier alpha value is -1.78. The molecule has 3 nitrogen and oxygen atoms in total. The Balaban J connectivity index is 1.50. The molecule has 0 aromatic heterocycles. The van der Waals surface area contributed by atoms with Crippen LogP contribution in [-0.2, 0) is 6.54 Å². The lowest BCUT2D eigenvalue weighted by molar-refractivity contribution is -0.918. The van der Waals surface area contributed by atoms with Crippen molar-refractivity contribution in [3.05, 3.63) is 64.7 Å². The van der Waals surface area contributed by atoms with E-state index in [2.05, 4.69) is 72.7 Å². The first kappa shape index (κ1) is 18.0. The van der Waals surface area contributed by atoms with Crippen LogP contribution in [0.2, 0.25) is 0 Å². The van der Waals surface area contributed by atoms with Gasteiger partial charge in [-0.05, 0) is 43.4 Å². The fourth-order valence-electron chi connectivity index (χ4n) is 3.26. The number of nitrogens with zero attached hydrogens (tertiary/aromatic N) is 2. The van der Waals surface area contributed by atoms with Crippen LogP contribution in [0.15, 0.2) is 52.5 Å². The molecule has 0 atom stereocenters. The second kappa shape index (κ2) is 8.54. The van der Waals surface area contributed by atoms with Gasteiger partial charge < -0.3 is 4.90 Å². The molecule has 2 aromatic rings. The van der Waals surface area contributed by atoms with Crippen molar-refractivity contribution in [3.63, 3.8) is 0 Å². The Morgan fingerprint density at radius 3 is 2.44 bits per heavy atom. The Bertz CT molecular complexity index is 716. The van der Waals surface area contributed by atoms with Gasteiger partial charge in [-0.25, -0.2) is 0 Å². The van der Waals surface area contributed by atoms with Crippen LogP contribution in [0.3, 0.4) is 0 Å². The number of rotatable bonds is 5. The minimum Gasteiger partial charge on any atom is -0.328 e. The number of thioether (sulfide) groups is 1. The molecule has 0 amide bonds. The highest BCUT2D eigenvalue weighted by atomic mass is 32.2. The maximum absolute atomic E-state index is 4.67. The van der Waals surface area contributed by atoms with Gasteiger partial charge in [0.1, 0.15) is 6.54 Å². The van der Waals surface area contributed by atoms with E-state index in [4.69, 9.17) is 0 Å². The summed E-state index contributed by atoms with van der Waals surface area (Å²) in [7, 11) is 0. The maximum atomic E-state index is 4.67. The molecule has 1 aliphatic rings. The summed E-state index contributed by atoms with van der Waals surface area (Å²) in [5.41, 5.74) is 5.41. The van der Waals surface area contributed by atoms with Gasteiger partial charge in [0.05, 0.1) is 32.4 Å². The summed E-state index contributed by atoms with van der Waals surface area (Å²) in [6, 6.07) is 15.4. The topological polar surface area (TPSA) is 20.0 Å². The van der Waals surface area contributed by atoms with Crippen LogP contribution in [0, 0.1) is 13.8 Å². The summed E-state index contributed by atoms with van der Waals surface area (Å²) in [4.78, 5) is 2.95. The molecule has 0 bridgehead atoms. The molecule has 2 aromatic carbocycles. The average molecular weight is 355 g/mol. The van der Waals surface area contributed by atoms with Crippen molar-refractivity contribution in [2.45, 2.75) is 25.3 Å². The highest BCUT2D eigenvalue weighted by molar-refractivity contribution is 7.98. The summed E-state index contributed by atoms with van der Waals surface area (Å²) in [5.74, 6) is 0. The fraction of sp³-hybridized carbons (Fsp3) is 0.381. The van der Waals surface area contributed by atoms with Crippen LogP contribution >= 0.6 is 11.8 Å². The molecule has 1 saturated heterocycles. The van der Waals surface area contributed by atoms with Gasteiger partial charge in [-0.15, -0.1) is 11.8 Å². The highest BCUT2D eigenvalue weighted by Gasteiger charge is 2.19. The van der Waals surface area contributed by atoms with Crippen molar-refractivity contribution < 1.29 is 4.90 Å². The Morgan fingerprint density at radius 2 is 1.80 bits per heavy atom. The standard InChI is InChI=1S/C21H27N3S/c1-17-4-7-20(18(2)14-17)16-23-10-12-24(13-11-23)22-15-19-5-8-21(25-3)9-6-19/h4-9,14-15H,10-13,16H2,1-3H3/p+1/b22-15+. The molecule has 0 saturated carbocycles. The lowest BCUT2D eigenvalue weighted by Gasteiger charge is -2.30. The third-order valence-corrected chi connectivity index (χ3v) is 5.61. The van der Waals surface area contributed by atoms with Gasteiger partial charge in [0, 0.05) is 10.5 Å². The third kappa shape index (κ3) is 5.10. The number of aryl methyl sites for hydroxylation is 2. The molecule has 132 valence electrons. The van der Waals surface area contributed by atoms with E-state index in [1.807, 2.05) is 6.21 Å². The number of hydrogen-bond donors (Lipinski definition) is 1. The molecule has 0 radical (unpaired) electrons. The Morgan fingerprint density at radius 1 is 1.08 bits per heavy atom. The van der Waals surface area contributed by atoms with Gasteiger partial charge in [0.25, 0.3) is 0 Å². The van der Waals surface area contributed by atoms with Gasteiger partial charge in [0.2, 0.25) is 0 Å². The highest BCUT2D eigenvalue weighted by Crippen LogP contribution is 2.14. The summed E-state index contributed by atoms with van der Waals surface area (Å²) in [6.45, 7) is 9.87. The Kier molecular flexibility index (Phi) is 6.16. The number of quaternary nitrogens is 1. The predicted molar refractivity (Wildman–Crippen MR) is 108 cm³/mol. The molecule has 3 rings (SSSR count). The number of benzene rings is 2. The molecule has 0 spiro atoms. The molecule has 4 heteroatoms. The van der Waals surface area contributed by atoms with E-state index in [9.17, 15) is 0 Å². The van der Waals surface area contributed by atoms with Crippen LogP contribution in [-0.4, -0.2) is 43.7 Å². The molecule has 1 heterocycles. The van der Waals surface area contributed by atoms with Crippen molar-refractivity contribution in [1.29, 1.82) is 0 Å². The van der Waals surface area contributed by atoms with E-state index in [0.29, 0.717) is 0 Å². The van der Waals surface area contributed by atoms with Gasteiger partial charge in [-0.1, -0.05) is 35.9 Å². The number of piperazine rings is 1. The van der Waals surface area contributed by atoms with Crippen LogP contribution in [0.4, 0.5) is 0 Å². The van der Waals surface area contributed by atoms with Crippen LogP contribution < -0.4 is 4.90 Å². The molecule has 0 unspecified atom stereocenters. The van der Waals surface area contributed by atoms with Crippen molar-refractivity contribution in [1.82, 2.24) is 5.01 Å². The first-order chi connectivity index (χ1) is 12.1. The quantitative estimate of drug-likeness (QED) is 0.658. The molecular weight excluding hydrogens is 326 g/mol. The largest absolute Gasteiger partial charge is 0.328 e. The van der Waals surface area contributed by atoms with Gasteiger partial charge in [-0.3, -0.25) is 5.01 Å². The molecule has 1 fully saturated rings. The van der Waals surface area contributed by atoms with Crippen molar-refractivity contribution in [3.8, 4) is 0 Å². The van der Waals surface area contributed by atoms with E-state index in [-0.39, 0.29) is 0 Å². The summed E-state index contributed by atoms with van der Waals surface area (Å²) >= 11 is 1.77. The average Bonchev–Trinajstić information content (AvgIpc) is 2.64. The minimum atomic E-state index is 1.03. The molecular formula is C21H28N3S+. The number of hydrazone groups is 1. The zero-order valence-electron chi connectivity index (χ0n) is 15.5. The van der Waals surface area contributed by atoms with E-state index in [1.165, 1.54) is 27.1 Å². The predicted octanol–water partition coefficient (Wildman–Crippen LogP) is 2.76. The van der Waals surface area contributed by atoms with Crippen molar-refractivity contribution in [2.75, 3.05) is 32.4 Å². The third-order valence-electron chi connectivity index (χ3n) is 4.87.